The maximum absolute atomic E-state index is 11.4. The number of nitrogens with zero attached hydrogens (tertiary/aromatic N) is 1. The lowest BCUT2D eigenvalue weighted by Gasteiger charge is -1.94. The normalized spacial score (nSPS) is 27.1. The number of aromatic amines is 1. The number of ketones is 1. The van der Waals surface area contributed by atoms with Gasteiger partial charge in [0, 0.05) is 18.3 Å². The summed E-state index contributed by atoms with van der Waals surface area (Å²) in [5.74, 6) is 2.04. The Morgan fingerprint density at radius 2 is 2.58 bits per heavy atom. The van der Waals surface area contributed by atoms with E-state index in [1.165, 1.54) is 0 Å². The molecule has 2 rings (SSSR count). The van der Waals surface area contributed by atoms with Crippen LogP contribution >= 0.6 is 0 Å². The van der Waals surface area contributed by atoms with Gasteiger partial charge in [-0.2, -0.15) is 0 Å². The van der Waals surface area contributed by atoms with Crippen LogP contribution in [-0.2, 0) is 11.2 Å². The Morgan fingerprint density at radius 1 is 1.83 bits per heavy atom. The Labute approximate surface area is 71.2 Å². The van der Waals surface area contributed by atoms with Crippen molar-refractivity contribution in [3.63, 3.8) is 0 Å². The Bertz CT molecular complexity index is 279. The molecule has 1 aromatic rings. The van der Waals surface area contributed by atoms with Crippen molar-refractivity contribution in [1.29, 1.82) is 0 Å². The van der Waals surface area contributed by atoms with Gasteiger partial charge in [-0.15, -0.1) is 0 Å². The fourth-order valence-electron chi connectivity index (χ4n) is 1.46. The molecule has 0 aliphatic heterocycles. The number of rotatable bonds is 3. The molecule has 0 amide bonds. The minimum atomic E-state index is 0.315. The summed E-state index contributed by atoms with van der Waals surface area (Å²) in [4.78, 5) is 18.4. The van der Waals surface area contributed by atoms with E-state index in [0.717, 1.165) is 12.2 Å². The molecule has 1 fully saturated rings. The highest BCUT2D eigenvalue weighted by atomic mass is 16.1. The average molecular weight is 164 g/mol. The largest absolute Gasteiger partial charge is 0.348 e. The van der Waals surface area contributed by atoms with Crippen molar-refractivity contribution < 1.29 is 4.79 Å². The molecule has 0 aromatic carbocycles. The van der Waals surface area contributed by atoms with E-state index in [0.29, 0.717) is 24.0 Å². The van der Waals surface area contributed by atoms with Crippen LogP contribution in [0.4, 0.5) is 0 Å². The maximum atomic E-state index is 11.4. The molecular formula is C9H12N2O. The summed E-state index contributed by atoms with van der Waals surface area (Å²) in [5.41, 5.74) is 0. The molecule has 1 aliphatic rings. The van der Waals surface area contributed by atoms with Crippen molar-refractivity contribution in [2.45, 2.75) is 19.8 Å². The van der Waals surface area contributed by atoms with Gasteiger partial charge in [-0.25, -0.2) is 4.98 Å². The number of H-pyrrole nitrogens is 1. The summed E-state index contributed by atoms with van der Waals surface area (Å²) in [6.45, 7) is 2.12. The van der Waals surface area contributed by atoms with Crippen LogP contribution in [0.1, 0.15) is 19.2 Å². The van der Waals surface area contributed by atoms with E-state index < -0.39 is 0 Å². The minimum absolute atomic E-state index is 0.315. The Hall–Kier alpha value is -1.12. The van der Waals surface area contributed by atoms with E-state index in [2.05, 4.69) is 16.9 Å². The van der Waals surface area contributed by atoms with Gasteiger partial charge in [-0.3, -0.25) is 4.79 Å². The third-order valence-electron chi connectivity index (χ3n) is 2.42. The number of hydrogen-bond acceptors (Lipinski definition) is 2. The molecule has 1 N–H and O–H groups in total. The Balaban J connectivity index is 1.92. The number of carbonyl (C=O) groups excluding carboxylic acids is 1. The van der Waals surface area contributed by atoms with Crippen molar-refractivity contribution in [3.05, 3.63) is 18.2 Å². The molecule has 2 atom stereocenters. The summed E-state index contributed by atoms with van der Waals surface area (Å²) in [6.07, 6.45) is 4.97. The minimum Gasteiger partial charge on any atom is -0.348 e. The highest BCUT2D eigenvalue weighted by Gasteiger charge is 2.38. The molecule has 1 heterocycles. The third kappa shape index (κ3) is 1.40. The van der Waals surface area contributed by atoms with Crippen LogP contribution in [0.2, 0.25) is 0 Å². The first-order valence-electron chi connectivity index (χ1n) is 4.28. The second kappa shape index (κ2) is 2.73. The predicted octanol–water partition coefficient (Wildman–Crippen LogP) is 1.18. The van der Waals surface area contributed by atoms with Gasteiger partial charge in [0.2, 0.25) is 0 Å². The van der Waals surface area contributed by atoms with Crippen LogP contribution in [0.5, 0.6) is 0 Å². The first-order chi connectivity index (χ1) is 5.77. The topological polar surface area (TPSA) is 45.8 Å². The molecule has 1 aliphatic carbocycles. The van der Waals surface area contributed by atoms with E-state index in [1.54, 1.807) is 12.4 Å². The van der Waals surface area contributed by atoms with E-state index in [4.69, 9.17) is 0 Å². The molecular weight excluding hydrogens is 152 g/mol. The Morgan fingerprint density at radius 3 is 3.08 bits per heavy atom. The lowest BCUT2D eigenvalue weighted by atomic mass is 10.1. The number of hydrogen-bond donors (Lipinski definition) is 1. The quantitative estimate of drug-likeness (QED) is 0.729. The van der Waals surface area contributed by atoms with E-state index in [9.17, 15) is 4.79 Å². The number of carbonyl (C=O) groups is 1. The van der Waals surface area contributed by atoms with Crippen molar-refractivity contribution in [2.75, 3.05) is 0 Å². The number of imidazole rings is 1. The molecule has 3 nitrogen and oxygen atoms in total. The van der Waals surface area contributed by atoms with Crippen molar-refractivity contribution in [1.82, 2.24) is 9.97 Å². The van der Waals surface area contributed by atoms with Gasteiger partial charge >= 0.3 is 0 Å². The Kier molecular flexibility index (Phi) is 1.71. The lowest BCUT2D eigenvalue weighted by Crippen LogP contribution is -2.07. The van der Waals surface area contributed by atoms with Crippen LogP contribution in [0.25, 0.3) is 0 Å². The third-order valence-corrected chi connectivity index (χ3v) is 2.42. The zero-order chi connectivity index (χ0) is 8.55. The summed E-state index contributed by atoms with van der Waals surface area (Å²) >= 11 is 0. The molecule has 0 radical (unpaired) electrons. The SMILES string of the molecule is CC1CC1C(=O)Cc1ncc[nH]1. The van der Waals surface area contributed by atoms with Crippen LogP contribution in [0.3, 0.4) is 0 Å². The molecule has 2 unspecified atom stereocenters. The second-order valence-electron chi connectivity index (χ2n) is 3.50. The highest BCUT2D eigenvalue weighted by Crippen LogP contribution is 2.38. The zero-order valence-corrected chi connectivity index (χ0v) is 7.08. The molecule has 64 valence electrons. The zero-order valence-electron chi connectivity index (χ0n) is 7.08. The van der Waals surface area contributed by atoms with E-state index in [-0.39, 0.29) is 0 Å². The first kappa shape index (κ1) is 7.53. The molecule has 0 saturated heterocycles. The summed E-state index contributed by atoms with van der Waals surface area (Å²) in [5, 5.41) is 0. The molecule has 1 aromatic heterocycles. The summed E-state index contributed by atoms with van der Waals surface area (Å²) in [6, 6.07) is 0. The fraction of sp³-hybridized carbons (Fsp3) is 0.556. The maximum Gasteiger partial charge on any atom is 0.143 e. The van der Waals surface area contributed by atoms with Crippen LogP contribution in [-0.4, -0.2) is 15.8 Å². The van der Waals surface area contributed by atoms with Gasteiger partial charge in [0.05, 0.1) is 6.42 Å². The van der Waals surface area contributed by atoms with E-state index >= 15 is 0 Å². The van der Waals surface area contributed by atoms with E-state index in [1.807, 2.05) is 0 Å². The van der Waals surface area contributed by atoms with Crippen LogP contribution < -0.4 is 0 Å². The van der Waals surface area contributed by atoms with Crippen LogP contribution in [0.15, 0.2) is 12.4 Å². The average Bonchev–Trinajstić information content (AvgIpc) is 2.58. The van der Waals surface area contributed by atoms with Crippen molar-refractivity contribution in [3.8, 4) is 0 Å². The molecule has 0 spiro atoms. The number of aromatic nitrogens is 2. The fourth-order valence-corrected chi connectivity index (χ4v) is 1.46. The summed E-state index contributed by atoms with van der Waals surface area (Å²) in [7, 11) is 0. The lowest BCUT2D eigenvalue weighted by molar-refractivity contribution is -0.119. The van der Waals surface area contributed by atoms with Gasteiger partial charge in [0.25, 0.3) is 0 Å². The molecule has 3 heteroatoms. The number of Topliss-reactive ketones (excluding diaryl/α,β-unsaturated/α-hetero) is 1. The second-order valence-corrected chi connectivity index (χ2v) is 3.50. The van der Waals surface area contributed by atoms with Gasteiger partial charge in [-0.05, 0) is 12.3 Å². The number of nitrogens with one attached hydrogen (secondary N) is 1. The first-order valence-corrected chi connectivity index (χ1v) is 4.28. The molecule has 1 saturated carbocycles. The van der Waals surface area contributed by atoms with Gasteiger partial charge in [0.15, 0.2) is 0 Å². The van der Waals surface area contributed by atoms with Gasteiger partial charge in [0.1, 0.15) is 11.6 Å². The molecule has 0 bridgehead atoms. The highest BCUT2D eigenvalue weighted by molar-refractivity contribution is 5.85. The van der Waals surface area contributed by atoms with Crippen molar-refractivity contribution >= 4 is 5.78 Å². The molecule has 12 heavy (non-hydrogen) atoms. The summed E-state index contributed by atoms with van der Waals surface area (Å²) < 4.78 is 0. The van der Waals surface area contributed by atoms with Crippen molar-refractivity contribution in [2.24, 2.45) is 11.8 Å². The van der Waals surface area contributed by atoms with Gasteiger partial charge < -0.3 is 4.98 Å². The standard InChI is InChI=1S/C9H12N2O/c1-6-4-7(6)8(12)5-9-10-2-3-11-9/h2-3,6-7H,4-5H2,1H3,(H,10,11). The predicted molar refractivity (Wildman–Crippen MR) is 44.6 cm³/mol. The monoisotopic (exact) mass is 164 g/mol. The van der Waals surface area contributed by atoms with Crippen LogP contribution in [0, 0.1) is 11.8 Å². The van der Waals surface area contributed by atoms with Gasteiger partial charge in [-0.1, -0.05) is 6.92 Å². The smallest absolute Gasteiger partial charge is 0.143 e.